The van der Waals surface area contributed by atoms with Crippen molar-refractivity contribution in [2.24, 2.45) is 23.7 Å². The molecule has 4 atom stereocenters. The van der Waals surface area contributed by atoms with E-state index < -0.39 is 0 Å². The second-order valence-electron chi connectivity index (χ2n) is 6.80. The Morgan fingerprint density at radius 3 is 2.65 bits per heavy atom. The molecule has 3 saturated carbocycles. The van der Waals surface area contributed by atoms with Gasteiger partial charge in [0.1, 0.15) is 5.82 Å². The number of hydrogen-bond donors (Lipinski definition) is 2. The van der Waals surface area contributed by atoms with Crippen LogP contribution in [0.3, 0.4) is 0 Å². The molecule has 3 aliphatic rings. The van der Waals surface area contributed by atoms with Gasteiger partial charge < -0.3 is 10.6 Å². The summed E-state index contributed by atoms with van der Waals surface area (Å²) in [5.41, 5.74) is 1.04. The Kier molecular flexibility index (Phi) is 2.86. The van der Waals surface area contributed by atoms with Crippen LogP contribution >= 0.6 is 0 Å². The van der Waals surface area contributed by atoms with Gasteiger partial charge in [-0.1, -0.05) is 6.92 Å². The fourth-order valence-electron chi connectivity index (χ4n) is 4.65. The molecule has 3 aliphatic carbocycles. The second-order valence-corrected chi connectivity index (χ2v) is 6.80. The highest BCUT2D eigenvalue weighted by Crippen LogP contribution is 2.66. The average molecular weight is 272 g/mol. The number of anilines is 2. The van der Waals surface area contributed by atoms with Gasteiger partial charge in [0.15, 0.2) is 0 Å². The quantitative estimate of drug-likeness (QED) is 0.865. The molecule has 0 aliphatic heterocycles. The lowest BCUT2D eigenvalue weighted by atomic mass is 10.0. The first kappa shape index (κ1) is 12.4. The molecule has 1 aromatic heterocycles. The number of aryl methyl sites for hydroxylation is 1. The predicted octanol–water partition coefficient (Wildman–Crippen LogP) is 3.06. The minimum Gasteiger partial charge on any atom is -0.367 e. The van der Waals surface area contributed by atoms with E-state index in [1.165, 1.54) is 19.3 Å². The first-order valence-electron chi connectivity index (χ1n) is 8.12. The van der Waals surface area contributed by atoms with Gasteiger partial charge in [0.25, 0.3) is 0 Å². The minimum absolute atomic E-state index is 0.689. The van der Waals surface area contributed by atoms with E-state index in [0.29, 0.717) is 6.04 Å². The maximum Gasteiger partial charge on any atom is 0.224 e. The molecule has 2 bridgehead atoms. The van der Waals surface area contributed by atoms with Crippen LogP contribution in [0.4, 0.5) is 11.8 Å². The van der Waals surface area contributed by atoms with E-state index in [2.05, 4.69) is 33.6 Å². The molecule has 1 aromatic rings. The molecular weight excluding hydrogens is 248 g/mol. The molecule has 0 radical (unpaired) electrons. The van der Waals surface area contributed by atoms with E-state index in [1.807, 2.05) is 6.92 Å². The molecule has 4 unspecified atom stereocenters. The van der Waals surface area contributed by atoms with Gasteiger partial charge in [0.2, 0.25) is 5.95 Å². The normalized spacial score (nSPS) is 36.8. The molecular formula is C16H24N4. The van der Waals surface area contributed by atoms with Crippen LogP contribution in [0.5, 0.6) is 0 Å². The van der Waals surface area contributed by atoms with Crippen LogP contribution in [0.15, 0.2) is 6.07 Å². The lowest BCUT2D eigenvalue weighted by molar-refractivity contribution is 0.456. The molecule has 0 saturated heterocycles. The fourth-order valence-corrected chi connectivity index (χ4v) is 4.65. The van der Waals surface area contributed by atoms with Crippen LogP contribution in [0, 0.1) is 30.6 Å². The first-order valence-corrected chi connectivity index (χ1v) is 8.12. The van der Waals surface area contributed by atoms with Gasteiger partial charge in [-0.2, -0.15) is 4.98 Å². The monoisotopic (exact) mass is 272 g/mol. The highest BCUT2D eigenvalue weighted by Gasteiger charge is 2.65. The Morgan fingerprint density at radius 2 is 1.95 bits per heavy atom. The summed E-state index contributed by atoms with van der Waals surface area (Å²) < 4.78 is 0. The van der Waals surface area contributed by atoms with Crippen molar-refractivity contribution in [3.05, 3.63) is 11.8 Å². The summed E-state index contributed by atoms with van der Waals surface area (Å²) >= 11 is 0. The number of nitrogens with one attached hydrogen (secondary N) is 2. The number of nitrogens with zero attached hydrogens (tertiary/aromatic N) is 2. The third-order valence-electron chi connectivity index (χ3n) is 5.44. The second kappa shape index (κ2) is 4.61. The largest absolute Gasteiger partial charge is 0.367 e. The Labute approximate surface area is 120 Å². The molecule has 4 rings (SSSR count). The van der Waals surface area contributed by atoms with E-state index in [-0.39, 0.29) is 0 Å². The van der Waals surface area contributed by atoms with Gasteiger partial charge in [0.05, 0.1) is 0 Å². The Morgan fingerprint density at radius 1 is 1.20 bits per heavy atom. The zero-order chi connectivity index (χ0) is 13.7. The minimum atomic E-state index is 0.689. The molecule has 0 spiro atoms. The summed E-state index contributed by atoms with van der Waals surface area (Å²) in [7, 11) is 0. The standard InChI is InChI=1S/C16H24N4/c1-3-6-17-16-18-9(2)7-12(20-16)19-15-13-10-4-5-11(8-10)14(13)15/h7,10-11,13-15H,3-6,8H2,1-2H3,(H2,17,18,19,20). The van der Waals surface area contributed by atoms with Crippen LogP contribution < -0.4 is 10.6 Å². The van der Waals surface area contributed by atoms with E-state index in [4.69, 9.17) is 0 Å². The van der Waals surface area contributed by atoms with Crippen molar-refractivity contribution >= 4 is 11.8 Å². The Bertz CT molecular complexity index is 499. The molecule has 1 heterocycles. The molecule has 4 heteroatoms. The Hall–Kier alpha value is -1.32. The smallest absolute Gasteiger partial charge is 0.224 e. The van der Waals surface area contributed by atoms with Crippen molar-refractivity contribution < 1.29 is 0 Å². The zero-order valence-electron chi connectivity index (χ0n) is 12.4. The highest BCUT2D eigenvalue weighted by molar-refractivity contribution is 5.45. The maximum atomic E-state index is 4.62. The van der Waals surface area contributed by atoms with E-state index in [0.717, 1.165) is 54.1 Å². The number of aromatic nitrogens is 2. The summed E-state index contributed by atoms with van der Waals surface area (Å²) in [4.78, 5) is 9.07. The van der Waals surface area contributed by atoms with Gasteiger partial charge in [0, 0.05) is 24.3 Å². The Balaban J connectivity index is 1.45. The van der Waals surface area contributed by atoms with Crippen LogP contribution in [-0.2, 0) is 0 Å². The summed E-state index contributed by atoms with van der Waals surface area (Å²) in [6.07, 6.45) is 5.53. The number of fused-ring (bicyclic) bond motifs is 5. The van der Waals surface area contributed by atoms with Crippen molar-refractivity contribution in [3.63, 3.8) is 0 Å². The van der Waals surface area contributed by atoms with Crippen LogP contribution in [-0.4, -0.2) is 22.6 Å². The van der Waals surface area contributed by atoms with Gasteiger partial charge in [-0.25, -0.2) is 4.98 Å². The molecule has 20 heavy (non-hydrogen) atoms. The molecule has 0 aromatic carbocycles. The zero-order valence-corrected chi connectivity index (χ0v) is 12.4. The van der Waals surface area contributed by atoms with Crippen LogP contribution in [0.1, 0.15) is 38.3 Å². The third kappa shape index (κ3) is 1.97. The molecule has 0 amide bonds. The topological polar surface area (TPSA) is 49.8 Å². The van der Waals surface area contributed by atoms with Crippen molar-refractivity contribution in [2.45, 2.75) is 45.6 Å². The summed E-state index contributed by atoms with van der Waals surface area (Å²) in [6, 6.07) is 2.77. The van der Waals surface area contributed by atoms with E-state index in [1.54, 1.807) is 0 Å². The van der Waals surface area contributed by atoms with E-state index in [9.17, 15) is 0 Å². The van der Waals surface area contributed by atoms with Gasteiger partial charge in [-0.3, -0.25) is 0 Å². The van der Waals surface area contributed by atoms with Gasteiger partial charge >= 0.3 is 0 Å². The first-order chi connectivity index (χ1) is 9.76. The highest BCUT2D eigenvalue weighted by atomic mass is 15.2. The predicted molar refractivity (Wildman–Crippen MR) is 80.8 cm³/mol. The van der Waals surface area contributed by atoms with Gasteiger partial charge in [-0.15, -0.1) is 0 Å². The maximum absolute atomic E-state index is 4.62. The van der Waals surface area contributed by atoms with Crippen LogP contribution in [0.2, 0.25) is 0 Å². The summed E-state index contributed by atoms with van der Waals surface area (Å²) in [5.74, 6) is 5.66. The van der Waals surface area contributed by atoms with Crippen molar-refractivity contribution in [3.8, 4) is 0 Å². The molecule has 4 nitrogen and oxygen atoms in total. The number of hydrogen-bond acceptors (Lipinski definition) is 4. The molecule has 2 N–H and O–H groups in total. The van der Waals surface area contributed by atoms with Gasteiger partial charge in [-0.05, 0) is 56.3 Å². The average Bonchev–Trinajstić information content (AvgIpc) is 2.83. The van der Waals surface area contributed by atoms with Crippen LogP contribution in [0.25, 0.3) is 0 Å². The summed E-state index contributed by atoms with van der Waals surface area (Å²) in [6.45, 7) is 5.13. The van der Waals surface area contributed by atoms with E-state index >= 15 is 0 Å². The lowest BCUT2D eigenvalue weighted by Gasteiger charge is -2.13. The third-order valence-corrected chi connectivity index (χ3v) is 5.44. The van der Waals surface area contributed by atoms with Crippen molar-refractivity contribution in [2.75, 3.05) is 17.2 Å². The van der Waals surface area contributed by atoms with Crippen molar-refractivity contribution in [1.82, 2.24) is 9.97 Å². The van der Waals surface area contributed by atoms with Crippen molar-refractivity contribution in [1.29, 1.82) is 0 Å². The lowest BCUT2D eigenvalue weighted by Crippen LogP contribution is -2.15. The molecule has 108 valence electrons. The fraction of sp³-hybridized carbons (Fsp3) is 0.750. The number of rotatable bonds is 5. The summed E-state index contributed by atoms with van der Waals surface area (Å²) in [5, 5.41) is 6.97. The SMILES string of the molecule is CCCNc1nc(C)cc(NC2C3C4CCC(C4)C23)n1. The molecule has 3 fully saturated rings.